The van der Waals surface area contributed by atoms with Crippen molar-refractivity contribution in [3.05, 3.63) is 58.7 Å². The van der Waals surface area contributed by atoms with E-state index in [0.29, 0.717) is 11.1 Å². The fourth-order valence-corrected chi connectivity index (χ4v) is 3.53. The molecule has 0 saturated carbocycles. The first kappa shape index (κ1) is 16.5. The van der Waals surface area contributed by atoms with Crippen molar-refractivity contribution in [2.75, 3.05) is 4.72 Å². The van der Waals surface area contributed by atoms with Gasteiger partial charge in [-0.3, -0.25) is 4.72 Å². The topological polar surface area (TPSA) is 107 Å². The Morgan fingerprint density at radius 2 is 1.91 bits per heavy atom. The van der Waals surface area contributed by atoms with Gasteiger partial charge in [-0.1, -0.05) is 12.1 Å². The van der Waals surface area contributed by atoms with Crippen molar-refractivity contribution in [3.8, 4) is 6.07 Å². The predicted molar refractivity (Wildman–Crippen MR) is 84.8 cm³/mol. The van der Waals surface area contributed by atoms with Gasteiger partial charge in [-0.15, -0.1) is 0 Å². The highest BCUT2D eigenvalue weighted by molar-refractivity contribution is 7.92. The van der Waals surface area contributed by atoms with Crippen molar-refractivity contribution in [2.45, 2.75) is 18.7 Å². The van der Waals surface area contributed by atoms with E-state index in [1.54, 1.807) is 13.0 Å². The van der Waals surface area contributed by atoms with E-state index in [9.17, 15) is 13.2 Å². The zero-order chi connectivity index (χ0) is 17.2. The molecular formula is C16H14N2O4S. The summed E-state index contributed by atoms with van der Waals surface area (Å²) in [5, 5.41) is 18.0. The summed E-state index contributed by atoms with van der Waals surface area (Å²) >= 11 is 0. The van der Waals surface area contributed by atoms with Crippen LogP contribution in [-0.4, -0.2) is 19.5 Å². The van der Waals surface area contributed by atoms with Gasteiger partial charge in [0.25, 0.3) is 10.0 Å². The van der Waals surface area contributed by atoms with Gasteiger partial charge in [0.15, 0.2) is 0 Å². The van der Waals surface area contributed by atoms with Crippen molar-refractivity contribution in [1.29, 1.82) is 5.26 Å². The van der Waals surface area contributed by atoms with Gasteiger partial charge in [-0.25, -0.2) is 13.2 Å². The van der Waals surface area contributed by atoms with Gasteiger partial charge in [-0.05, 0) is 49.2 Å². The van der Waals surface area contributed by atoms with Crippen LogP contribution in [0.3, 0.4) is 0 Å². The van der Waals surface area contributed by atoms with Gasteiger partial charge in [0.1, 0.15) is 0 Å². The average molecular weight is 330 g/mol. The summed E-state index contributed by atoms with van der Waals surface area (Å²) in [5.41, 5.74) is 1.24. The first-order chi connectivity index (χ1) is 10.8. The SMILES string of the molecule is Cc1ccc(C#N)cc1S(=O)(=O)Nc1cccc(C(=O)O)c1C. The minimum atomic E-state index is -3.94. The van der Waals surface area contributed by atoms with Crippen LogP contribution in [0.15, 0.2) is 41.3 Å². The van der Waals surface area contributed by atoms with Crippen molar-refractivity contribution in [3.63, 3.8) is 0 Å². The molecule has 0 aliphatic heterocycles. The van der Waals surface area contributed by atoms with Gasteiger partial charge >= 0.3 is 5.97 Å². The number of hydrogen-bond donors (Lipinski definition) is 2. The third-order valence-electron chi connectivity index (χ3n) is 3.42. The van der Waals surface area contributed by atoms with Crippen LogP contribution in [0.2, 0.25) is 0 Å². The van der Waals surface area contributed by atoms with Crippen molar-refractivity contribution < 1.29 is 18.3 Å². The minimum Gasteiger partial charge on any atom is -0.478 e. The van der Waals surface area contributed by atoms with Gasteiger partial charge < -0.3 is 5.11 Å². The molecule has 118 valence electrons. The third kappa shape index (κ3) is 3.33. The summed E-state index contributed by atoms with van der Waals surface area (Å²) in [5.74, 6) is -1.13. The lowest BCUT2D eigenvalue weighted by molar-refractivity contribution is 0.0696. The predicted octanol–water partition coefficient (Wildman–Crippen LogP) is 2.67. The molecule has 6 nitrogen and oxygen atoms in total. The molecule has 2 aromatic rings. The lowest BCUT2D eigenvalue weighted by Crippen LogP contribution is -2.16. The van der Waals surface area contributed by atoms with Crippen LogP contribution >= 0.6 is 0 Å². The monoisotopic (exact) mass is 330 g/mol. The number of carbonyl (C=O) groups is 1. The molecular weight excluding hydrogens is 316 g/mol. The summed E-state index contributed by atoms with van der Waals surface area (Å²) in [6, 6.07) is 10.6. The molecule has 0 bridgehead atoms. The molecule has 2 rings (SSSR count). The standard InChI is InChI=1S/C16H14N2O4S/c1-10-6-7-12(9-17)8-15(10)23(21,22)18-14-5-3-4-13(11(14)2)16(19)20/h3-8,18H,1-2H3,(H,19,20). The van der Waals surface area contributed by atoms with Gasteiger partial charge in [0.2, 0.25) is 0 Å². The lowest BCUT2D eigenvalue weighted by Gasteiger charge is -2.13. The quantitative estimate of drug-likeness (QED) is 0.896. The Hall–Kier alpha value is -2.85. The normalized spacial score (nSPS) is 10.8. The summed E-state index contributed by atoms with van der Waals surface area (Å²) < 4.78 is 27.5. The van der Waals surface area contributed by atoms with E-state index in [-0.39, 0.29) is 21.7 Å². The number of benzene rings is 2. The van der Waals surface area contributed by atoms with E-state index in [4.69, 9.17) is 10.4 Å². The molecule has 0 aliphatic rings. The van der Waals surface area contributed by atoms with Gasteiger partial charge in [0.05, 0.1) is 27.8 Å². The molecule has 23 heavy (non-hydrogen) atoms. The van der Waals surface area contributed by atoms with Crippen LogP contribution in [0.25, 0.3) is 0 Å². The second-order valence-electron chi connectivity index (χ2n) is 4.98. The number of anilines is 1. The van der Waals surface area contributed by atoms with Crippen molar-refractivity contribution >= 4 is 21.7 Å². The summed E-state index contributed by atoms with van der Waals surface area (Å²) in [4.78, 5) is 11.1. The first-order valence-electron chi connectivity index (χ1n) is 6.62. The Morgan fingerprint density at radius 3 is 2.52 bits per heavy atom. The molecule has 2 N–H and O–H groups in total. The molecule has 0 amide bonds. The highest BCUT2D eigenvalue weighted by Crippen LogP contribution is 2.24. The molecule has 0 aliphatic carbocycles. The molecule has 0 heterocycles. The maximum Gasteiger partial charge on any atom is 0.336 e. The van der Waals surface area contributed by atoms with E-state index in [1.807, 2.05) is 6.07 Å². The van der Waals surface area contributed by atoms with Crippen LogP contribution in [0.4, 0.5) is 5.69 Å². The summed E-state index contributed by atoms with van der Waals surface area (Å²) in [6.07, 6.45) is 0. The Kier molecular flexibility index (Phi) is 4.38. The van der Waals surface area contributed by atoms with E-state index >= 15 is 0 Å². The van der Waals surface area contributed by atoms with Gasteiger partial charge in [0, 0.05) is 0 Å². The number of sulfonamides is 1. The minimum absolute atomic E-state index is 0.0170. The molecule has 0 radical (unpaired) electrons. The van der Waals surface area contributed by atoms with E-state index in [1.165, 1.54) is 37.3 Å². The fourth-order valence-electron chi connectivity index (χ4n) is 2.14. The molecule has 0 saturated heterocycles. The zero-order valence-corrected chi connectivity index (χ0v) is 13.3. The molecule has 2 aromatic carbocycles. The Balaban J connectivity index is 2.50. The zero-order valence-electron chi connectivity index (χ0n) is 12.5. The molecule has 0 aromatic heterocycles. The van der Waals surface area contributed by atoms with Crippen molar-refractivity contribution in [2.24, 2.45) is 0 Å². The highest BCUT2D eigenvalue weighted by Gasteiger charge is 2.20. The Bertz CT molecular complexity index is 928. The molecule has 0 unspecified atom stereocenters. The van der Waals surface area contributed by atoms with Crippen molar-refractivity contribution in [1.82, 2.24) is 0 Å². The number of aromatic carboxylic acids is 1. The largest absolute Gasteiger partial charge is 0.478 e. The van der Waals surface area contributed by atoms with Crippen LogP contribution in [0, 0.1) is 25.2 Å². The van der Waals surface area contributed by atoms with E-state index in [0.717, 1.165) is 0 Å². The van der Waals surface area contributed by atoms with Gasteiger partial charge in [-0.2, -0.15) is 5.26 Å². The number of nitriles is 1. The second-order valence-corrected chi connectivity index (χ2v) is 6.63. The summed E-state index contributed by atoms with van der Waals surface area (Å²) in [7, 11) is -3.94. The number of nitrogens with zero attached hydrogens (tertiary/aromatic N) is 1. The molecule has 0 atom stereocenters. The number of aryl methyl sites for hydroxylation is 1. The summed E-state index contributed by atoms with van der Waals surface area (Å²) in [6.45, 7) is 3.15. The number of carboxylic acids is 1. The molecule has 7 heteroatoms. The highest BCUT2D eigenvalue weighted by atomic mass is 32.2. The Morgan fingerprint density at radius 1 is 1.22 bits per heavy atom. The number of nitrogens with one attached hydrogen (secondary N) is 1. The second kappa shape index (κ2) is 6.10. The van der Waals surface area contributed by atoms with Crippen LogP contribution in [0.1, 0.15) is 27.0 Å². The first-order valence-corrected chi connectivity index (χ1v) is 8.11. The average Bonchev–Trinajstić information content (AvgIpc) is 2.49. The smallest absolute Gasteiger partial charge is 0.336 e. The third-order valence-corrected chi connectivity index (χ3v) is 4.92. The van der Waals surface area contributed by atoms with Crippen LogP contribution < -0.4 is 4.72 Å². The fraction of sp³-hybridized carbons (Fsp3) is 0.125. The number of hydrogen-bond acceptors (Lipinski definition) is 4. The van der Waals surface area contributed by atoms with Crippen LogP contribution in [0.5, 0.6) is 0 Å². The Labute approximate surface area is 134 Å². The number of rotatable bonds is 4. The van der Waals surface area contributed by atoms with Crippen LogP contribution in [-0.2, 0) is 10.0 Å². The maximum absolute atomic E-state index is 12.6. The molecule has 0 fully saturated rings. The lowest BCUT2D eigenvalue weighted by atomic mass is 10.1. The molecule has 0 spiro atoms. The van der Waals surface area contributed by atoms with E-state index < -0.39 is 16.0 Å². The van der Waals surface area contributed by atoms with E-state index in [2.05, 4.69) is 4.72 Å². The number of carboxylic acid groups (broad SMARTS) is 1. The maximum atomic E-state index is 12.6.